The molecule has 0 atom stereocenters. The Morgan fingerprint density at radius 2 is 2.17 bits per heavy atom. The van der Waals surface area contributed by atoms with Crippen molar-refractivity contribution in [2.24, 2.45) is 0 Å². The van der Waals surface area contributed by atoms with E-state index in [4.69, 9.17) is 5.84 Å². The molecule has 3 rings (SSSR count). The van der Waals surface area contributed by atoms with Gasteiger partial charge in [0.15, 0.2) is 5.16 Å². The first kappa shape index (κ1) is 16.0. The van der Waals surface area contributed by atoms with Crippen molar-refractivity contribution in [3.8, 4) is 0 Å². The van der Waals surface area contributed by atoms with Crippen LogP contribution in [0.25, 0.3) is 10.9 Å². The highest BCUT2D eigenvalue weighted by atomic mass is 32.2. The van der Waals surface area contributed by atoms with E-state index in [9.17, 15) is 9.59 Å². The molecule has 0 aliphatic heterocycles. The molecular formula is C16H14N4O3S. The van der Waals surface area contributed by atoms with Gasteiger partial charge in [-0.25, -0.2) is 14.5 Å². The molecule has 0 radical (unpaired) electrons. The summed E-state index contributed by atoms with van der Waals surface area (Å²) in [6.07, 6.45) is 1.70. The zero-order valence-electron chi connectivity index (χ0n) is 12.8. The van der Waals surface area contributed by atoms with Crippen LogP contribution in [-0.2, 0) is 10.5 Å². The SMILES string of the molecule is COC(=O)c1ccc2c(=O)n(N)c(SCc3ccccn3)nc2c1. The number of methoxy groups -OCH3 is 1. The average molecular weight is 342 g/mol. The quantitative estimate of drug-likeness (QED) is 0.332. The van der Waals surface area contributed by atoms with Gasteiger partial charge >= 0.3 is 5.97 Å². The van der Waals surface area contributed by atoms with Crippen molar-refractivity contribution in [2.75, 3.05) is 13.0 Å². The van der Waals surface area contributed by atoms with Crippen LogP contribution in [0.4, 0.5) is 0 Å². The maximum Gasteiger partial charge on any atom is 0.337 e. The predicted molar refractivity (Wildman–Crippen MR) is 91.3 cm³/mol. The number of nitrogen functional groups attached to an aromatic ring is 1. The molecule has 0 amide bonds. The van der Waals surface area contributed by atoms with Gasteiger partial charge in [0.2, 0.25) is 0 Å². The first-order valence-electron chi connectivity index (χ1n) is 7.03. The van der Waals surface area contributed by atoms with Crippen molar-refractivity contribution in [1.29, 1.82) is 0 Å². The number of pyridine rings is 1. The number of hydrogen-bond acceptors (Lipinski definition) is 7. The molecule has 7 nitrogen and oxygen atoms in total. The van der Waals surface area contributed by atoms with Crippen LogP contribution in [0.15, 0.2) is 52.5 Å². The maximum absolute atomic E-state index is 12.4. The average Bonchev–Trinajstić information content (AvgIpc) is 2.63. The van der Waals surface area contributed by atoms with E-state index < -0.39 is 5.97 Å². The van der Waals surface area contributed by atoms with Crippen LogP contribution >= 0.6 is 11.8 Å². The van der Waals surface area contributed by atoms with Crippen molar-refractivity contribution in [3.63, 3.8) is 0 Å². The van der Waals surface area contributed by atoms with Gasteiger partial charge in [-0.05, 0) is 30.3 Å². The summed E-state index contributed by atoms with van der Waals surface area (Å²) in [5.41, 5.74) is 1.19. The third-order valence-electron chi connectivity index (χ3n) is 3.37. The summed E-state index contributed by atoms with van der Waals surface area (Å²) in [6, 6.07) is 10.1. The minimum absolute atomic E-state index is 0.326. The Balaban J connectivity index is 1.99. The van der Waals surface area contributed by atoms with Gasteiger partial charge in [-0.3, -0.25) is 9.78 Å². The van der Waals surface area contributed by atoms with Gasteiger partial charge in [0, 0.05) is 11.9 Å². The van der Waals surface area contributed by atoms with Crippen molar-refractivity contribution < 1.29 is 9.53 Å². The van der Waals surface area contributed by atoms with E-state index in [0.29, 0.717) is 27.4 Å². The summed E-state index contributed by atoms with van der Waals surface area (Å²) in [6.45, 7) is 0. The number of thioether (sulfide) groups is 1. The van der Waals surface area contributed by atoms with Crippen LogP contribution in [0, 0.1) is 0 Å². The molecule has 0 saturated carbocycles. The van der Waals surface area contributed by atoms with Crippen molar-refractivity contribution in [2.45, 2.75) is 10.9 Å². The topological polar surface area (TPSA) is 100 Å². The summed E-state index contributed by atoms with van der Waals surface area (Å²) in [4.78, 5) is 32.6. The Hall–Kier alpha value is -2.87. The predicted octanol–water partition coefficient (Wildman–Crippen LogP) is 1.58. The Labute approximate surface area is 141 Å². The van der Waals surface area contributed by atoms with Crippen LogP contribution in [-0.4, -0.2) is 27.7 Å². The van der Waals surface area contributed by atoms with Crippen LogP contribution in [0.3, 0.4) is 0 Å². The summed E-state index contributed by atoms with van der Waals surface area (Å²) < 4.78 is 5.69. The van der Waals surface area contributed by atoms with Gasteiger partial charge in [-0.15, -0.1) is 0 Å². The zero-order valence-corrected chi connectivity index (χ0v) is 13.6. The number of esters is 1. The van der Waals surface area contributed by atoms with Gasteiger partial charge in [0.25, 0.3) is 5.56 Å². The Morgan fingerprint density at radius 1 is 1.33 bits per heavy atom. The van der Waals surface area contributed by atoms with E-state index in [-0.39, 0.29) is 5.56 Å². The van der Waals surface area contributed by atoms with Gasteiger partial charge in [0.05, 0.1) is 29.3 Å². The smallest absolute Gasteiger partial charge is 0.337 e. The minimum atomic E-state index is -0.488. The lowest BCUT2D eigenvalue weighted by atomic mass is 10.1. The molecule has 0 aliphatic rings. The first-order valence-corrected chi connectivity index (χ1v) is 8.01. The Morgan fingerprint density at radius 3 is 2.88 bits per heavy atom. The molecule has 0 saturated heterocycles. The number of fused-ring (bicyclic) bond motifs is 1. The van der Waals surface area contributed by atoms with Gasteiger partial charge in [0.1, 0.15) is 0 Å². The molecule has 3 aromatic rings. The molecule has 8 heteroatoms. The standard InChI is InChI=1S/C16H14N4O3S/c1-23-15(22)10-5-6-12-13(8-10)19-16(20(17)14(12)21)24-9-11-4-2-3-7-18-11/h2-8H,9,17H2,1H3. The molecule has 1 aromatic carbocycles. The van der Waals surface area contributed by atoms with Gasteiger partial charge in [-0.1, -0.05) is 17.8 Å². The number of carbonyl (C=O) groups excluding carboxylic acids is 1. The molecule has 0 spiro atoms. The monoisotopic (exact) mass is 342 g/mol. The highest BCUT2D eigenvalue weighted by Crippen LogP contribution is 2.20. The second kappa shape index (κ2) is 6.71. The number of rotatable bonds is 4. The second-order valence-electron chi connectivity index (χ2n) is 4.90. The molecule has 2 aromatic heterocycles. The van der Waals surface area contributed by atoms with Gasteiger partial charge in [-0.2, -0.15) is 0 Å². The summed E-state index contributed by atoms with van der Waals surface area (Å²) in [5.74, 6) is 5.88. The minimum Gasteiger partial charge on any atom is -0.465 e. The van der Waals surface area contributed by atoms with Crippen LogP contribution < -0.4 is 11.4 Å². The fourth-order valence-electron chi connectivity index (χ4n) is 2.15. The molecular weight excluding hydrogens is 328 g/mol. The van der Waals surface area contributed by atoms with Crippen molar-refractivity contribution in [3.05, 3.63) is 64.2 Å². The van der Waals surface area contributed by atoms with E-state index in [1.807, 2.05) is 18.2 Å². The van der Waals surface area contributed by atoms with Crippen molar-refractivity contribution >= 4 is 28.6 Å². The molecule has 24 heavy (non-hydrogen) atoms. The fourth-order valence-corrected chi connectivity index (χ4v) is 2.98. The van der Waals surface area contributed by atoms with E-state index in [2.05, 4.69) is 14.7 Å². The third kappa shape index (κ3) is 3.09. The Kier molecular flexibility index (Phi) is 4.48. The molecule has 2 heterocycles. The first-order chi connectivity index (χ1) is 11.6. The fraction of sp³-hybridized carbons (Fsp3) is 0.125. The molecule has 122 valence electrons. The number of carbonyl (C=O) groups is 1. The van der Waals surface area contributed by atoms with Crippen molar-refractivity contribution in [1.82, 2.24) is 14.6 Å². The zero-order chi connectivity index (χ0) is 17.1. The van der Waals surface area contributed by atoms with Crippen LogP contribution in [0.2, 0.25) is 0 Å². The normalized spacial score (nSPS) is 10.7. The number of aromatic nitrogens is 3. The summed E-state index contributed by atoms with van der Waals surface area (Å²) in [7, 11) is 1.30. The lowest BCUT2D eigenvalue weighted by molar-refractivity contribution is 0.0601. The van der Waals surface area contributed by atoms with Gasteiger partial charge < -0.3 is 10.6 Å². The van der Waals surface area contributed by atoms with Crippen LogP contribution in [0.1, 0.15) is 16.1 Å². The van der Waals surface area contributed by atoms with Crippen LogP contribution in [0.5, 0.6) is 0 Å². The highest BCUT2D eigenvalue weighted by Gasteiger charge is 2.13. The van der Waals surface area contributed by atoms with E-state index >= 15 is 0 Å². The molecule has 0 unspecified atom stereocenters. The third-order valence-corrected chi connectivity index (χ3v) is 4.35. The molecule has 0 bridgehead atoms. The van der Waals surface area contributed by atoms with E-state index in [1.54, 1.807) is 6.20 Å². The second-order valence-corrected chi connectivity index (χ2v) is 5.85. The number of nitrogens with two attached hydrogens (primary N) is 1. The number of benzene rings is 1. The highest BCUT2D eigenvalue weighted by molar-refractivity contribution is 7.98. The number of hydrogen-bond donors (Lipinski definition) is 1. The lowest BCUT2D eigenvalue weighted by Gasteiger charge is -2.09. The summed E-state index contributed by atoms with van der Waals surface area (Å²) in [5, 5.41) is 0.688. The summed E-state index contributed by atoms with van der Waals surface area (Å²) >= 11 is 1.30. The Bertz CT molecular complexity index is 957. The lowest BCUT2D eigenvalue weighted by Crippen LogP contribution is -2.29. The largest absolute Gasteiger partial charge is 0.465 e. The van der Waals surface area contributed by atoms with E-state index in [1.165, 1.54) is 37.1 Å². The number of ether oxygens (including phenoxy) is 1. The molecule has 0 fully saturated rings. The van der Waals surface area contributed by atoms with E-state index in [0.717, 1.165) is 10.4 Å². The maximum atomic E-state index is 12.4. The molecule has 0 aliphatic carbocycles. The molecule has 2 N–H and O–H groups in total. The number of nitrogens with zero attached hydrogens (tertiary/aromatic N) is 3.